The van der Waals surface area contributed by atoms with Crippen LogP contribution in [0, 0.1) is 0 Å². The SMILES string of the molecule is O[C@@H]1CC(C2CCCO2)Oc2ccc(Br)cc21. The first-order valence-electron chi connectivity index (χ1n) is 6.00. The summed E-state index contributed by atoms with van der Waals surface area (Å²) in [5.41, 5.74) is 0.869. The number of ether oxygens (including phenoxy) is 2. The molecule has 2 heterocycles. The number of aliphatic hydroxyl groups excluding tert-OH is 1. The van der Waals surface area contributed by atoms with Crippen LogP contribution in [0.4, 0.5) is 0 Å². The van der Waals surface area contributed by atoms with Crippen LogP contribution < -0.4 is 4.74 Å². The molecule has 2 aliphatic heterocycles. The third-order valence-electron chi connectivity index (χ3n) is 3.44. The molecule has 0 radical (unpaired) electrons. The molecule has 1 aromatic rings. The second kappa shape index (κ2) is 4.59. The first-order valence-corrected chi connectivity index (χ1v) is 6.79. The van der Waals surface area contributed by atoms with Crippen molar-refractivity contribution in [2.24, 2.45) is 0 Å². The largest absolute Gasteiger partial charge is 0.487 e. The van der Waals surface area contributed by atoms with E-state index in [0.29, 0.717) is 6.42 Å². The van der Waals surface area contributed by atoms with Gasteiger partial charge in [0.2, 0.25) is 0 Å². The highest BCUT2D eigenvalue weighted by molar-refractivity contribution is 9.10. The van der Waals surface area contributed by atoms with Gasteiger partial charge in [-0.15, -0.1) is 0 Å². The van der Waals surface area contributed by atoms with E-state index in [-0.39, 0.29) is 12.2 Å². The Balaban J connectivity index is 1.84. The van der Waals surface area contributed by atoms with Gasteiger partial charge in [0.15, 0.2) is 0 Å². The van der Waals surface area contributed by atoms with Gasteiger partial charge < -0.3 is 14.6 Å². The predicted molar refractivity (Wildman–Crippen MR) is 67.1 cm³/mol. The molecule has 0 aromatic heterocycles. The monoisotopic (exact) mass is 298 g/mol. The molecule has 2 unspecified atom stereocenters. The summed E-state index contributed by atoms with van der Waals surface area (Å²) in [7, 11) is 0. The lowest BCUT2D eigenvalue weighted by molar-refractivity contribution is -0.0271. The van der Waals surface area contributed by atoms with Crippen LogP contribution in [0.3, 0.4) is 0 Å². The van der Waals surface area contributed by atoms with Gasteiger partial charge in [0.05, 0.1) is 12.2 Å². The van der Waals surface area contributed by atoms with Gasteiger partial charge in [-0.3, -0.25) is 0 Å². The Morgan fingerprint density at radius 2 is 2.18 bits per heavy atom. The predicted octanol–water partition coefficient (Wildman–Crippen LogP) is 2.81. The molecule has 3 nitrogen and oxygen atoms in total. The van der Waals surface area contributed by atoms with Crippen LogP contribution in [-0.2, 0) is 4.74 Å². The minimum absolute atomic E-state index is 0.0128. The molecular weight excluding hydrogens is 284 g/mol. The van der Waals surface area contributed by atoms with Crippen molar-refractivity contribution in [3.8, 4) is 5.75 Å². The Bertz CT molecular complexity index is 415. The summed E-state index contributed by atoms with van der Waals surface area (Å²) in [6, 6.07) is 5.76. The van der Waals surface area contributed by atoms with Crippen molar-refractivity contribution in [1.82, 2.24) is 0 Å². The van der Waals surface area contributed by atoms with Crippen molar-refractivity contribution >= 4 is 15.9 Å². The average molecular weight is 299 g/mol. The summed E-state index contributed by atoms with van der Waals surface area (Å²) in [6.45, 7) is 0.813. The average Bonchev–Trinajstić information content (AvgIpc) is 2.83. The lowest BCUT2D eigenvalue weighted by atomic mass is 9.95. The quantitative estimate of drug-likeness (QED) is 0.866. The van der Waals surface area contributed by atoms with E-state index < -0.39 is 6.10 Å². The Labute approximate surface area is 109 Å². The third kappa shape index (κ3) is 2.21. The van der Waals surface area contributed by atoms with Gasteiger partial charge in [0.1, 0.15) is 11.9 Å². The lowest BCUT2D eigenvalue weighted by Crippen LogP contribution is -2.36. The van der Waals surface area contributed by atoms with Crippen LogP contribution in [0.15, 0.2) is 22.7 Å². The van der Waals surface area contributed by atoms with E-state index >= 15 is 0 Å². The van der Waals surface area contributed by atoms with Crippen LogP contribution in [0.25, 0.3) is 0 Å². The number of hydrogen-bond donors (Lipinski definition) is 1. The minimum Gasteiger partial charge on any atom is -0.487 e. The molecule has 0 saturated carbocycles. The van der Waals surface area contributed by atoms with Crippen molar-refractivity contribution in [1.29, 1.82) is 0 Å². The van der Waals surface area contributed by atoms with E-state index in [1.165, 1.54) is 0 Å². The molecule has 1 N–H and O–H groups in total. The zero-order valence-corrected chi connectivity index (χ0v) is 11.0. The van der Waals surface area contributed by atoms with Gasteiger partial charge in [0.25, 0.3) is 0 Å². The van der Waals surface area contributed by atoms with Gasteiger partial charge in [-0.25, -0.2) is 0 Å². The highest BCUT2D eigenvalue weighted by Gasteiger charge is 2.34. The molecule has 17 heavy (non-hydrogen) atoms. The van der Waals surface area contributed by atoms with Crippen LogP contribution >= 0.6 is 15.9 Å². The topological polar surface area (TPSA) is 38.7 Å². The summed E-state index contributed by atoms with van der Waals surface area (Å²) >= 11 is 3.41. The molecule has 0 aliphatic carbocycles. The van der Waals surface area contributed by atoms with Crippen LogP contribution in [0.1, 0.15) is 30.9 Å². The van der Waals surface area contributed by atoms with E-state index in [4.69, 9.17) is 9.47 Å². The first kappa shape index (κ1) is 11.5. The lowest BCUT2D eigenvalue weighted by Gasteiger charge is -2.32. The summed E-state index contributed by atoms with van der Waals surface area (Å²) in [6.07, 6.45) is 2.42. The van der Waals surface area contributed by atoms with E-state index in [1.54, 1.807) is 0 Å². The van der Waals surface area contributed by atoms with Crippen molar-refractivity contribution in [2.75, 3.05) is 6.61 Å². The number of fused-ring (bicyclic) bond motifs is 1. The number of aliphatic hydroxyl groups is 1. The fourth-order valence-electron chi connectivity index (χ4n) is 2.57. The summed E-state index contributed by atoms with van der Waals surface area (Å²) in [5.74, 6) is 0.785. The van der Waals surface area contributed by atoms with E-state index in [1.807, 2.05) is 18.2 Å². The fourth-order valence-corrected chi connectivity index (χ4v) is 2.95. The molecule has 0 amide bonds. The van der Waals surface area contributed by atoms with Crippen molar-refractivity contribution in [3.63, 3.8) is 0 Å². The second-order valence-electron chi connectivity index (χ2n) is 4.64. The van der Waals surface area contributed by atoms with Gasteiger partial charge in [-0.05, 0) is 31.0 Å². The molecule has 3 rings (SSSR count). The maximum Gasteiger partial charge on any atom is 0.128 e. The first-order chi connectivity index (χ1) is 8.24. The highest BCUT2D eigenvalue weighted by Crippen LogP contribution is 2.38. The van der Waals surface area contributed by atoms with Gasteiger partial charge >= 0.3 is 0 Å². The van der Waals surface area contributed by atoms with Crippen LogP contribution in [0.5, 0.6) is 5.75 Å². The second-order valence-corrected chi connectivity index (χ2v) is 5.56. The summed E-state index contributed by atoms with van der Waals surface area (Å²) in [4.78, 5) is 0. The molecule has 2 aliphatic rings. The molecular formula is C13H15BrO3. The van der Waals surface area contributed by atoms with Crippen molar-refractivity contribution < 1.29 is 14.6 Å². The Kier molecular flexibility index (Phi) is 3.11. The molecule has 1 saturated heterocycles. The summed E-state index contributed by atoms with van der Waals surface area (Å²) in [5, 5.41) is 10.2. The molecule has 92 valence electrons. The smallest absolute Gasteiger partial charge is 0.128 e. The van der Waals surface area contributed by atoms with Crippen LogP contribution in [-0.4, -0.2) is 23.9 Å². The number of rotatable bonds is 1. The normalized spacial score (nSPS) is 32.0. The molecule has 1 aromatic carbocycles. The number of halogens is 1. The number of hydrogen-bond acceptors (Lipinski definition) is 3. The Morgan fingerprint density at radius 1 is 1.29 bits per heavy atom. The number of benzene rings is 1. The zero-order valence-electron chi connectivity index (χ0n) is 9.43. The van der Waals surface area contributed by atoms with Gasteiger partial charge in [-0.2, -0.15) is 0 Å². The standard InChI is InChI=1S/C13H15BrO3/c14-8-3-4-11-9(6-8)10(15)7-13(17-11)12-2-1-5-16-12/h3-4,6,10,12-13,15H,1-2,5,7H2/t10-,12?,13?/m1/s1. The Hall–Kier alpha value is -0.580. The molecule has 1 fully saturated rings. The maximum atomic E-state index is 10.2. The fraction of sp³-hybridized carbons (Fsp3) is 0.538. The molecule has 0 bridgehead atoms. The Morgan fingerprint density at radius 3 is 2.94 bits per heavy atom. The van der Waals surface area contributed by atoms with Gasteiger partial charge in [-0.1, -0.05) is 15.9 Å². The highest BCUT2D eigenvalue weighted by atomic mass is 79.9. The molecule has 0 spiro atoms. The maximum absolute atomic E-state index is 10.2. The molecule has 4 heteroatoms. The van der Waals surface area contributed by atoms with Crippen molar-refractivity contribution in [2.45, 2.75) is 37.6 Å². The minimum atomic E-state index is -0.453. The summed E-state index contributed by atoms with van der Waals surface area (Å²) < 4.78 is 12.5. The third-order valence-corrected chi connectivity index (χ3v) is 3.94. The van der Waals surface area contributed by atoms with Gasteiger partial charge in [0, 0.05) is 23.1 Å². The zero-order chi connectivity index (χ0) is 11.8. The van der Waals surface area contributed by atoms with E-state index in [2.05, 4.69) is 15.9 Å². The molecule has 3 atom stereocenters. The van der Waals surface area contributed by atoms with Crippen LogP contribution in [0.2, 0.25) is 0 Å². The van der Waals surface area contributed by atoms with Crippen molar-refractivity contribution in [3.05, 3.63) is 28.2 Å². The van der Waals surface area contributed by atoms with E-state index in [9.17, 15) is 5.11 Å². The van der Waals surface area contributed by atoms with E-state index in [0.717, 1.165) is 35.2 Å².